The third kappa shape index (κ3) is 3.09. The van der Waals surface area contributed by atoms with Crippen molar-refractivity contribution in [1.29, 1.82) is 0 Å². The van der Waals surface area contributed by atoms with Crippen LogP contribution < -0.4 is 4.74 Å². The Bertz CT molecular complexity index is 386. The molecule has 80 valence electrons. The Morgan fingerprint density at radius 2 is 2.27 bits per heavy atom. The molecular formula is C11H11BrO3. The first-order chi connectivity index (χ1) is 7.19. The molecule has 1 aromatic rings. The van der Waals surface area contributed by atoms with Gasteiger partial charge in [0, 0.05) is 0 Å². The monoisotopic (exact) mass is 270 g/mol. The zero-order valence-corrected chi connectivity index (χ0v) is 9.82. The van der Waals surface area contributed by atoms with Crippen molar-refractivity contribution in [3.63, 3.8) is 0 Å². The number of hydrogen-bond acceptors (Lipinski definition) is 3. The van der Waals surface area contributed by atoms with Gasteiger partial charge in [0.15, 0.2) is 11.5 Å². The smallest absolute Gasteiger partial charge is 0.172 e. The lowest BCUT2D eigenvalue weighted by atomic mass is 10.2. The summed E-state index contributed by atoms with van der Waals surface area (Å²) in [5.74, 6) is 0.470. The molecule has 4 heteroatoms. The Morgan fingerprint density at radius 1 is 1.53 bits per heavy atom. The van der Waals surface area contributed by atoms with Gasteiger partial charge < -0.3 is 9.84 Å². The minimum Gasteiger partial charge on any atom is -0.503 e. The summed E-state index contributed by atoms with van der Waals surface area (Å²) in [6.07, 6.45) is 3.72. The maximum absolute atomic E-state index is 10.2. The highest BCUT2D eigenvalue weighted by atomic mass is 79.9. The van der Waals surface area contributed by atoms with Gasteiger partial charge in [-0.2, -0.15) is 0 Å². The van der Waals surface area contributed by atoms with Gasteiger partial charge in [0.05, 0.1) is 11.1 Å². The van der Waals surface area contributed by atoms with E-state index < -0.39 is 0 Å². The first-order valence-corrected chi connectivity index (χ1v) is 5.25. The first-order valence-electron chi connectivity index (χ1n) is 4.46. The van der Waals surface area contributed by atoms with Gasteiger partial charge in [0.1, 0.15) is 6.29 Å². The molecular weight excluding hydrogens is 260 g/mol. The van der Waals surface area contributed by atoms with Crippen molar-refractivity contribution in [2.75, 3.05) is 6.61 Å². The lowest BCUT2D eigenvalue weighted by Crippen LogP contribution is -1.92. The lowest BCUT2D eigenvalue weighted by Gasteiger charge is -2.08. The molecule has 15 heavy (non-hydrogen) atoms. The number of aldehydes is 1. The molecule has 0 aliphatic rings. The molecule has 0 saturated carbocycles. The van der Waals surface area contributed by atoms with Crippen LogP contribution in [0.25, 0.3) is 6.08 Å². The summed E-state index contributed by atoms with van der Waals surface area (Å²) in [6.45, 7) is 2.31. The molecule has 1 N–H and O–H groups in total. The molecule has 0 aliphatic carbocycles. The van der Waals surface area contributed by atoms with Crippen LogP contribution in [0.4, 0.5) is 0 Å². The Morgan fingerprint density at radius 3 is 2.87 bits per heavy atom. The van der Waals surface area contributed by atoms with Crippen LogP contribution in [0.15, 0.2) is 22.7 Å². The van der Waals surface area contributed by atoms with E-state index in [1.807, 2.05) is 6.92 Å². The second-order valence-electron chi connectivity index (χ2n) is 2.78. The molecule has 0 spiro atoms. The fraction of sp³-hybridized carbons (Fsp3) is 0.182. The van der Waals surface area contributed by atoms with Crippen molar-refractivity contribution in [3.8, 4) is 11.5 Å². The third-order valence-electron chi connectivity index (χ3n) is 1.72. The van der Waals surface area contributed by atoms with Crippen LogP contribution in [-0.2, 0) is 4.79 Å². The van der Waals surface area contributed by atoms with Crippen LogP contribution >= 0.6 is 15.9 Å². The van der Waals surface area contributed by atoms with Gasteiger partial charge in [-0.3, -0.25) is 4.79 Å². The van der Waals surface area contributed by atoms with E-state index in [9.17, 15) is 9.90 Å². The van der Waals surface area contributed by atoms with Gasteiger partial charge in [0.25, 0.3) is 0 Å². The third-order valence-corrected chi connectivity index (χ3v) is 2.32. The highest BCUT2D eigenvalue weighted by Crippen LogP contribution is 2.35. The molecule has 3 nitrogen and oxygen atoms in total. The largest absolute Gasteiger partial charge is 0.503 e. The van der Waals surface area contributed by atoms with Gasteiger partial charge in [-0.25, -0.2) is 0 Å². The molecule has 1 aromatic carbocycles. The van der Waals surface area contributed by atoms with E-state index in [1.165, 1.54) is 6.08 Å². The number of hydrogen-bond donors (Lipinski definition) is 1. The van der Waals surface area contributed by atoms with E-state index in [0.717, 1.165) is 5.56 Å². The number of carbonyl (C=O) groups is 1. The quantitative estimate of drug-likeness (QED) is 0.676. The summed E-state index contributed by atoms with van der Waals surface area (Å²) < 4.78 is 5.78. The molecule has 0 radical (unpaired) electrons. The summed E-state index contributed by atoms with van der Waals surface area (Å²) in [7, 11) is 0. The van der Waals surface area contributed by atoms with Crippen LogP contribution in [-0.4, -0.2) is 18.0 Å². The van der Waals surface area contributed by atoms with Crippen LogP contribution in [0.2, 0.25) is 0 Å². The number of phenols is 1. The average Bonchev–Trinajstić information content (AvgIpc) is 2.22. The van der Waals surface area contributed by atoms with Crippen LogP contribution in [0.5, 0.6) is 11.5 Å². The highest BCUT2D eigenvalue weighted by molar-refractivity contribution is 9.10. The van der Waals surface area contributed by atoms with Crippen LogP contribution in [0.1, 0.15) is 12.5 Å². The summed E-state index contributed by atoms with van der Waals surface area (Å²) >= 11 is 3.21. The maximum Gasteiger partial charge on any atom is 0.172 e. The Kier molecular flexibility index (Phi) is 4.37. The highest BCUT2D eigenvalue weighted by Gasteiger charge is 2.07. The van der Waals surface area contributed by atoms with E-state index in [1.54, 1.807) is 18.2 Å². The zero-order valence-electron chi connectivity index (χ0n) is 8.24. The predicted molar refractivity (Wildman–Crippen MR) is 62.1 cm³/mol. The molecule has 0 unspecified atom stereocenters. The van der Waals surface area contributed by atoms with E-state index >= 15 is 0 Å². The van der Waals surface area contributed by atoms with Crippen LogP contribution in [0, 0.1) is 0 Å². The number of halogens is 1. The van der Waals surface area contributed by atoms with Crippen molar-refractivity contribution in [2.24, 2.45) is 0 Å². The second-order valence-corrected chi connectivity index (χ2v) is 3.63. The number of carbonyl (C=O) groups excluding carboxylic acids is 1. The molecule has 0 atom stereocenters. The number of aromatic hydroxyl groups is 1. The molecule has 0 aromatic heterocycles. The average molecular weight is 271 g/mol. The summed E-state index contributed by atoms with van der Waals surface area (Å²) in [4.78, 5) is 10.2. The van der Waals surface area contributed by atoms with Crippen molar-refractivity contribution < 1.29 is 14.6 Å². The maximum atomic E-state index is 10.2. The minimum atomic E-state index is 0.0695. The molecule has 0 heterocycles. The Hall–Kier alpha value is -1.29. The van der Waals surface area contributed by atoms with Gasteiger partial charge in [-0.1, -0.05) is 6.08 Å². The number of ether oxygens (including phenoxy) is 1. The van der Waals surface area contributed by atoms with Gasteiger partial charge in [-0.05, 0) is 46.6 Å². The zero-order chi connectivity index (χ0) is 11.3. The number of phenolic OH excluding ortho intramolecular Hbond substituents is 1. The molecule has 0 bridgehead atoms. The predicted octanol–water partition coefficient (Wildman–Crippen LogP) is 2.77. The number of rotatable bonds is 4. The summed E-state index contributed by atoms with van der Waals surface area (Å²) in [6, 6.07) is 3.38. The van der Waals surface area contributed by atoms with Gasteiger partial charge in [0.2, 0.25) is 0 Å². The molecule has 0 amide bonds. The molecule has 0 saturated heterocycles. The minimum absolute atomic E-state index is 0.0695. The van der Waals surface area contributed by atoms with Gasteiger partial charge in [-0.15, -0.1) is 0 Å². The van der Waals surface area contributed by atoms with E-state index in [4.69, 9.17) is 4.74 Å². The normalized spacial score (nSPS) is 10.5. The lowest BCUT2D eigenvalue weighted by molar-refractivity contribution is -0.104. The summed E-state index contributed by atoms with van der Waals surface area (Å²) in [5.41, 5.74) is 0.787. The standard InChI is InChI=1S/C11H11BrO3/c1-2-15-10-7-8(4-3-5-13)6-9(12)11(10)14/h3-7,14H,2H2,1H3/b4-3+. The topological polar surface area (TPSA) is 46.5 Å². The van der Waals surface area contributed by atoms with Crippen molar-refractivity contribution in [2.45, 2.75) is 6.92 Å². The second kappa shape index (κ2) is 5.56. The van der Waals surface area contributed by atoms with Gasteiger partial charge >= 0.3 is 0 Å². The Balaban J connectivity index is 3.10. The SMILES string of the molecule is CCOc1cc(/C=C/C=O)cc(Br)c1O. The number of benzene rings is 1. The Labute approximate surface area is 96.5 Å². The van der Waals surface area contributed by atoms with Crippen molar-refractivity contribution in [1.82, 2.24) is 0 Å². The van der Waals surface area contributed by atoms with E-state index in [2.05, 4.69) is 15.9 Å². The molecule has 1 rings (SSSR count). The summed E-state index contributed by atoms with van der Waals surface area (Å²) in [5, 5.41) is 9.61. The van der Waals surface area contributed by atoms with Crippen molar-refractivity contribution >= 4 is 28.3 Å². The number of allylic oxidation sites excluding steroid dienone is 1. The molecule has 0 aliphatic heterocycles. The van der Waals surface area contributed by atoms with Crippen LogP contribution in [0.3, 0.4) is 0 Å². The van der Waals surface area contributed by atoms with E-state index in [0.29, 0.717) is 23.1 Å². The van der Waals surface area contributed by atoms with Crippen molar-refractivity contribution in [3.05, 3.63) is 28.2 Å². The van der Waals surface area contributed by atoms with E-state index in [-0.39, 0.29) is 5.75 Å². The molecule has 0 fully saturated rings. The first kappa shape index (κ1) is 11.8. The fourth-order valence-corrected chi connectivity index (χ4v) is 1.57. The fourth-order valence-electron chi connectivity index (χ4n) is 1.11.